The minimum absolute atomic E-state index is 0.165. The van der Waals surface area contributed by atoms with E-state index in [0.717, 1.165) is 18.7 Å². The molecule has 0 amide bonds. The Morgan fingerprint density at radius 1 is 1.17 bits per heavy atom. The van der Waals surface area contributed by atoms with Crippen molar-refractivity contribution in [3.8, 4) is 0 Å². The van der Waals surface area contributed by atoms with E-state index in [-0.39, 0.29) is 5.97 Å². The molecule has 0 spiro atoms. The molecule has 23 heavy (non-hydrogen) atoms. The van der Waals surface area contributed by atoms with Crippen molar-refractivity contribution < 1.29 is 9.53 Å². The van der Waals surface area contributed by atoms with Crippen LogP contribution in [0.4, 0.5) is 0 Å². The van der Waals surface area contributed by atoms with Crippen LogP contribution in [0.5, 0.6) is 0 Å². The van der Waals surface area contributed by atoms with E-state index < -0.39 is 0 Å². The summed E-state index contributed by atoms with van der Waals surface area (Å²) in [6.45, 7) is 6.97. The molecule has 126 valence electrons. The van der Waals surface area contributed by atoms with E-state index in [0.29, 0.717) is 18.5 Å². The first kappa shape index (κ1) is 16.5. The van der Waals surface area contributed by atoms with Crippen molar-refractivity contribution in [2.24, 2.45) is 0 Å². The van der Waals surface area contributed by atoms with Gasteiger partial charge in [-0.05, 0) is 50.4 Å². The van der Waals surface area contributed by atoms with Gasteiger partial charge in [-0.15, -0.1) is 0 Å². The predicted octanol–water partition coefficient (Wildman–Crippen LogP) is 2.46. The van der Waals surface area contributed by atoms with Gasteiger partial charge in [0.05, 0.1) is 13.5 Å². The third-order valence-corrected chi connectivity index (χ3v) is 5.51. The molecule has 3 rings (SSSR count). The maximum atomic E-state index is 11.6. The first-order valence-corrected chi connectivity index (χ1v) is 8.80. The van der Waals surface area contributed by atoms with Crippen LogP contribution in [0.3, 0.4) is 0 Å². The zero-order valence-corrected chi connectivity index (χ0v) is 14.3. The molecular weight excluding hydrogens is 288 g/mol. The molecular formula is C19H28N2O2. The summed E-state index contributed by atoms with van der Waals surface area (Å²) in [5.74, 6) is -0.165. The first-order chi connectivity index (χ1) is 11.2. The fourth-order valence-corrected chi connectivity index (χ4v) is 4.10. The minimum atomic E-state index is -0.165. The smallest absolute Gasteiger partial charge is 0.309 e. The van der Waals surface area contributed by atoms with Crippen molar-refractivity contribution >= 4 is 5.97 Å². The van der Waals surface area contributed by atoms with Crippen LogP contribution in [-0.2, 0) is 22.5 Å². The number of carbonyl (C=O) groups is 1. The fourth-order valence-electron chi connectivity index (χ4n) is 4.10. The number of likely N-dealkylation sites (tertiary alicyclic amines) is 2. The lowest BCUT2D eigenvalue weighted by molar-refractivity contribution is -0.139. The Bertz CT molecular complexity index is 540. The van der Waals surface area contributed by atoms with Crippen LogP contribution in [0.15, 0.2) is 24.3 Å². The van der Waals surface area contributed by atoms with E-state index in [1.165, 1.54) is 45.0 Å². The van der Waals surface area contributed by atoms with Crippen LogP contribution >= 0.6 is 0 Å². The zero-order chi connectivity index (χ0) is 16.2. The molecule has 4 heteroatoms. The molecule has 2 aliphatic rings. The molecule has 2 unspecified atom stereocenters. The van der Waals surface area contributed by atoms with Crippen molar-refractivity contribution in [3.63, 3.8) is 0 Å². The van der Waals surface area contributed by atoms with Crippen LogP contribution < -0.4 is 0 Å². The van der Waals surface area contributed by atoms with Gasteiger partial charge in [-0.3, -0.25) is 14.6 Å². The van der Waals surface area contributed by atoms with Crippen LogP contribution in [0.25, 0.3) is 0 Å². The minimum Gasteiger partial charge on any atom is -0.469 e. The van der Waals surface area contributed by atoms with E-state index in [1.54, 1.807) is 0 Å². The number of ether oxygens (including phenoxy) is 1. The zero-order valence-electron chi connectivity index (χ0n) is 14.3. The Hall–Kier alpha value is -1.39. The molecule has 0 N–H and O–H groups in total. The summed E-state index contributed by atoms with van der Waals surface area (Å²) >= 11 is 0. The highest BCUT2D eigenvalue weighted by Crippen LogP contribution is 2.28. The summed E-state index contributed by atoms with van der Waals surface area (Å²) in [5.41, 5.74) is 2.35. The topological polar surface area (TPSA) is 32.8 Å². The fraction of sp³-hybridized carbons (Fsp3) is 0.632. The largest absolute Gasteiger partial charge is 0.469 e. The van der Waals surface area contributed by atoms with Crippen molar-refractivity contribution in [2.75, 3.05) is 26.7 Å². The van der Waals surface area contributed by atoms with E-state index >= 15 is 0 Å². The third kappa shape index (κ3) is 3.75. The lowest BCUT2D eigenvalue weighted by Gasteiger charge is -2.30. The monoisotopic (exact) mass is 316 g/mol. The number of benzene rings is 1. The Morgan fingerprint density at radius 2 is 1.87 bits per heavy atom. The van der Waals surface area contributed by atoms with E-state index in [9.17, 15) is 4.79 Å². The van der Waals surface area contributed by atoms with Gasteiger partial charge in [0.15, 0.2) is 0 Å². The number of carbonyl (C=O) groups excluding carboxylic acids is 1. The number of esters is 1. The lowest BCUT2D eigenvalue weighted by Crippen LogP contribution is -2.42. The normalized spacial score (nSPS) is 25.8. The highest BCUT2D eigenvalue weighted by atomic mass is 16.5. The molecule has 0 saturated carbocycles. The molecule has 1 aromatic carbocycles. The molecule has 0 bridgehead atoms. The van der Waals surface area contributed by atoms with Gasteiger partial charge in [0, 0.05) is 25.2 Å². The molecule has 2 atom stereocenters. The van der Waals surface area contributed by atoms with Crippen LogP contribution in [0.2, 0.25) is 0 Å². The van der Waals surface area contributed by atoms with E-state index in [2.05, 4.69) is 28.9 Å². The second-order valence-electron chi connectivity index (χ2n) is 6.83. The number of hydrogen-bond acceptors (Lipinski definition) is 4. The molecule has 0 aromatic heterocycles. The maximum absolute atomic E-state index is 11.6. The third-order valence-electron chi connectivity index (χ3n) is 5.51. The van der Waals surface area contributed by atoms with Crippen molar-refractivity contribution in [1.29, 1.82) is 0 Å². The van der Waals surface area contributed by atoms with Gasteiger partial charge in [-0.25, -0.2) is 0 Å². The van der Waals surface area contributed by atoms with Gasteiger partial charge in [0.2, 0.25) is 0 Å². The summed E-state index contributed by atoms with van der Waals surface area (Å²) in [6.07, 6.45) is 4.33. The van der Waals surface area contributed by atoms with Gasteiger partial charge in [0.1, 0.15) is 0 Å². The molecule has 0 radical (unpaired) electrons. The van der Waals surface area contributed by atoms with Gasteiger partial charge in [-0.2, -0.15) is 0 Å². The highest BCUT2D eigenvalue weighted by Gasteiger charge is 2.35. The quantitative estimate of drug-likeness (QED) is 0.781. The number of rotatable bonds is 5. The first-order valence-electron chi connectivity index (χ1n) is 8.80. The predicted molar refractivity (Wildman–Crippen MR) is 91.2 cm³/mol. The van der Waals surface area contributed by atoms with E-state index in [4.69, 9.17) is 4.74 Å². The summed E-state index contributed by atoms with van der Waals surface area (Å²) in [6, 6.07) is 9.54. The standard InChI is InChI=1S/C19H28N2O2/c1-15-18(20-10-5-6-11-20)9-12-21(15)14-17-8-4-3-7-16(17)13-19(22)23-2/h3-4,7-8,15,18H,5-6,9-14H2,1-2H3. The Morgan fingerprint density at radius 3 is 2.57 bits per heavy atom. The second-order valence-corrected chi connectivity index (χ2v) is 6.83. The maximum Gasteiger partial charge on any atom is 0.309 e. The summed E-state index contributed by atoms with van der Waals surface area (Å²) in [5, 5.41) is 0. The SMILES string of the molecule is COC(=O)Cc1ccccc1CN1CCC(N2CCCC2)C1C. The molecule has 2 aliphatic heterocycles. The van der Waals surface area contributed by atoms with Crippen molar-refractivity contribution in [3.05, 3.63) is 35.4 Å². The number of hydrogen-bond donors (Lipinski definition) is 0. The Kier molecular flexibility index (Phi) is 5.34. The molecule has 2 heterocycles. The second kappa shape index (κ2) is 7.45. The number of methoxy groups -OCH3 is 1. The Labute approximate surface area is 139 Å². The molecule has 1 aromatic rings. The lowest BCUT2D eigenvalue weighted by atomic mass is 10.0. The molecule has 2 saturated heterocycles. The molecule has 2 fully saturated rings. The average Bonchev–Trinajstić information content (AvgIpc) is 3.20. The van der Waals surface area contributed by atoms with Crippen LogP contribution in [0, 0.1) is 0 Å². The average molecular weight is 316 g/mol. The van der Waals surface area contributed by atoms with Crippen molar-refractivity contribution in [2.45, 2.75) is 51.2 Å². The van der Waals surface area contributed by atoms with Gasteiger partial charge >= 0.3 is 5.97 Å². The highest BCUT2D eigenvalue weighted by molar-refractivity contribution is 5.72. The molecule has 0 aliphatic carbocycles. The molecule has 4 nitrogen and oxygen atoms in total. The number of nitrogens with zero attached hydrogens (tertiary/aromatic N) is 2. The summed E-state index contributed by atoms with van der Waals surface area (Å²) < 4.78 is 4.83. The van der Waals surface area contributed by atoms with Gasteiger partial charge in [-0.1, -0.05) is 24.3 Å². The van der Waals surface area contributed by atoms with E-state index in [1.807, 2.05) is 12.1 Å². The van der Waals surface area contributed by atoms with Crippen LogP contribution in [0.1, 0.15) is 37.3 Å². The van der Waals surface area contributed by atoms with Crippen LogP contribution in [-0.4, -0.2) is 54.6 Å². The van der Waals surface area contributed by atoms with Gasteiger partial charge in [0.25, 0.3) is 0 Å². The van der Waals surface area contributed by atoms with Gasteiger partial charge < -0.3 is 4.74 Å². The summed E-state index contributed by atoms with van der Waals surface area (Å²) in [7, 11) is 1.45. The Balaban J connectivity index is 1.66. The van der Waals surface area contributed by atoms with Crippen molar-refractivity contribution in [1.82, 2.24) is 9.80 Å². The summed E-state index contributed by atoms with van der Waals surface area (Å²) in [4.78, 5) is 16.9.